The van der Waals surface area contributed by atoms with Crippen molar-refractivity contribution in [3.05, 3.63) is 57.1 Å². The van der Waals surface area contributed by atoms with E-state index in [1.165, 1.54) is 19.2 Å². The molecule has 126 valence electrons. The summed E-state index contributed by atoms with van der Waals surface area (Å²) in [5.74, 6) is -1.33. The highest BCUT2D eigenvalue weighted by Crippen LogP contribution is 2.34. The highest BCUT2D eigenvalue weighted by molar-refractivity contribution is 9.10. The van der Waals surface area contributed by atoms with Gasteiger partial charge in [0.25, 0.3) is 0 Å². The van der Waals surface area contributed by atoms with E-state index in [4.69, 9.17) is 10.00 Å². The number of aliphatic hydroxyl groups is 1. The van der Waals surface area contributed by atoms with Crippen LogP contribution in [0, 0.1) is 17.1 Å². The number of benzene rings is 1. The summed E-state index contributed by atoms with van der Waals surface area (Å²) in [6, 6.07) is 7.07. The van der Waals surface area contributed by atoms with Crippen LogP contribution in [0.5, 0.6) is 0 Å². The molecule has 0 radical (unpaired) electrons. The summed E-state index contributed by atoms with van der Waals surface area (Å²) in [6.45, 7) is 3.78. The third kappa shape index (κ3) is 3.21. The van der Waals surface area contributed by atoms with Gasteiger partial charge >= 0.3 is 5.97 Å². The number of nitriles is 1. The molecule has 2 rings (SSSR count). The molecular formula is C17H16BrFN2O3. The predicted octanol–water partition coefficient (Wildman–Crippen LogP) is 3.71. The molecule has 1 heterocycles. The molecule has 0 bridgehead atoms. The number of ether oxygens (including phenoxy) is 1. The second kappa shape index (κ2) is 7.16. The Morgan fingerprint density at radius 1 is 1.42 bits per heavy atom. The molecule has 0 spiro atoms. The number of aliphatic hydroxyl groups excluding tert-OH is 1. The molecule has 0 saturated carbocycles. The summed E-state index contributed by atoms with van der Waals surface area (Å²) >= 11 is 3.37. The minimum absolute atomic E-state index is 0.0642. The SMILES string of the molecule is COC(=O)c1cc(Br)n(C(C)C)c1C(O)c1ccc(C#N)c(F)c1. The van der Waals surface area contributed by atoms with Crippen LogP contribution in [0.4, 0.5) is 4.39 Å². The van der Waals surface area contributed by atoms with E-state index >= 15 is 0 Å². The number of halogens is 2. The Bertz CT molecular complexity index is 824. The van der Waals surface area contributed by atoms with Crippen molar-refractivity contribution in [2.45, 2.75) is 26.0 Å². The number of hydrogen-bond donors (Lipinski definition) is 1. The third-order valence-corrected chi connectivity index (χ3v) is 4.25. The van der Waals surface area contributed by atoms with Crippen LogP contribution in [0.1, 0.15) is 53.2 Å². The number of methoxy groups -OCH3 is 1. The van der Waals surface area contributed by atoms with E-state index in [1.807, 2.05) is 13.8 Å². The fourth-order valence-corrected chi connectivity index (χ4v) is 3.36. The maximum Gasteiger partial charge on any atom is 0.339 e. The Morgan fingerprint density at radius 3 is 2.58 bits per heavy atom. The van der Waals surface area contributed by atoms with Crippen LogP contribution >= 0.6 is 15.9 Å². The van der Waals surface area contributed by atoms with Crippen LogP contribution < -0.4 is 0 Å². The zero-order chi connectivity index (χ0) is 18.0. The molecule has 0 amide bonds. The van der Waals surface area contributed by atoms with E-state index in [1.54, 1.807) is 16.7 Å². The molecule has 1 atom stereocenters. The van der Waals surface area contributed by atoms with Gasteiger partial charge < -0.3 is 14.4 Å². The highest BCUT2D eigenvalue weighted by Gasteiger charge is 2.28. The van der Waals surface area contributed by atoms with Gasteiger partial charge in [-0.1, -0.05) is 6.07 Å². The lowest BCUT2D eigenvalue weighted by molar-refractivity contribution is 0.0594. The molecule has 1 aromatic carbocycles. The van der Waals surface area contributed by atoms with Crippen LogP contribution in [-0.4, -0.2) is 22.8 Å². The summed E-state index contributed by atoms with van der Waals surface area (Å²) in [4.78, 5) is 12.0. The summed E-state index contributed by atoms with van der Waals surface area (Å²) in [6.07, 6.45) is -1.25. The Labute approximate surface area is 147 Å². The molecule has 1 aromatic heterocycles. The van der Waals surface area contributed by atoms with Gasteiger partial charge in [0, 0.05) is 6.04 Å². The van der Waals surface area contributed by atoms with Gasteiger partial charge in [-0.2, -0.15) is 5.26 Å². The number of rotatable bonds is 4. The Morgan fingerprint density at radius 2 is 2.08 bits per heavy atom. The monoisotopic (exact) mass is 394 g/mol. The van der Waals surface area contributed by atoms with Gasteiger partial charge in [-0.25, -0.2) is 9.18 Å². The van der Waals surface area contributed by atoms with Gasteiger partial charge in [0.15, 0.2) is 0 Å². The van der Waals surface area contributed by atoms with Crippen molar-refractivity contribution in [1.82, 2.24) is 4.57 Å². The fraction of sp³-hybridized carbons (Fsp3) is 0.294. The van der Waals surface area contributed by atoms with Crippen molar-refractivity contribution in [3.63, 3.8) is 0 Å². The Hall–Kier alpha value is -2.17. The zero-order valence-electron chi connectivity index (χ0n) is 13.4. The van der Waals surface area contributed by atoms with Crippen molar-refractivity contribution < 1.29 is 19.0 Å². The van der Waals surface area contributed by atoms with Crippen molar-refractivity contribution in [3.8, 4) is 6.07 Å². The summed E-state index contributed by atoms with van der Waals surface area (Å²) < 4.78 is 21.0. The zero-order valence-corrected chi connectivity index (χ0v) is 15.0. The Balaban J connectivity index is 2.63. The Kier molecular flexibility index (Phi) is 5.42. The van der Waals surface area contributed by atoms with Gasteiger partial charge in [0.1, 0.15) is 18.0 Å². The van der Waals surface area contributed by atoms with E-state index in [9.17, 15) is 14.3 Å². The summed E-state index contributed by atoms with van der Waals surface area (Å²) in [5, 5.41) is 19.6. The lowest BCUT2D eigenvalue weighted by Crippen LogP contribution is -2.15. The molecule has 7 heteroatoms. The number of aromatic nitrogens is 1. The van der Waals surface area contributed by atoms with E-state index < -0.39 is 17.9 Å². The molecule has 0 aliphatic heterocycles. The first-order valence-corrected chi connectivity index (χ1v) is 7.97. The second-order valence-electron chi connectivity index (χ2n) is 5.47. The lowest BCUT2D eigenvalue weighted by atomic mass is 10.0. The first-order valence-electron chi connectivity index (χ1n) is 7.18. The number of hydrogen-bond acceptors (Lipinski definition) is 4. The minimum atomic E-state index is -1.25. The first kappa shape index (κ1) is 18.2. The van der Waals surface area contributed by atoms with Crippen LogP contribution in [0.15, 0.2) is 28.9 Å². The van der Waals surface area contributed by atoms with Crippen LogP contribution in [0.25, 0.3) is 0 Å². The second-order valence-corrected chi connectivity index (χ2v) is 6.29. The van der Waals surface area contributed by atoms with Crippen molar-refractivity contribution >= 4 is 21.9 Å². The number of nitrogens with zero attached hydrogens (tertiary/aromatic N) is 2. The topological polar surface area (TPSA) is 75.2 Å². The van der Waals surface area contributed by atoms with Crippen LogP contribution in [0.3, 0.4) is 0 Å². The smallest absolute Gasteiger partial charge is 0.339 e. The lowest BCUT2D eigenvalue weighted by Gasteiger charge is -2.20. The van der Waals surface area contributed by atoms with E-state index in [0.717, 1.165) is 6.07 Å². The molecule has 1 unspecified atom stereocenters. The summed E-state index contributed by atoms with van der Waals surface area (Å²) in [7, 11) is 1.25. The van der Waals surface area contributed by atoms with Crippen molar-refractivity contribution in [2.75, 3.05) is 7.11 Å². The molecule has 5 nitrogen and oxygen atoms in total. The molecule has 0 fully saturated rings. The van der Waals surface area contributed by atoms with Crippen LogP contribution in [0.2, 0.25) is 0 Å². The number of carbonyl (C=O) groups is 1. The summed E-state index contributed by atoms with van der Waals surface area (Å²) in [5.41, 5.74) is 0.617. The van der Waals surface area contributed by atoms with Gasteiger partial charge in [-0.3, -0.25) is 0 Å². The van der Waals surface area contributed by atoms with Gasteiger partial charge in [-0.15, -0.1) is 0 Å². The highest BCUT2D eigenvalue weighted by atomic mass is 79.9. The molecule has 24 heavy (non-hydrogen) atoms. The molecule has 2 aromatic rings. The predicted molar refractivity (Wildman–Crippen MR) is 89.0 cm³/mol. The largest absolute Gasteiger partial charge is 0.465 e. The average Bonchev–Trinajstić information content (AvgIpc) is 2.90. The molecular weight excluding hydrogens is 379 g/mol. The van der Waals surface area contributed by atoms with Gasteiger partial charge in [-0.05, 0) is 53.5 Å². The molecule has 1 N–H and O–H groups in total. The quantitative estimate of drug-likeness (QED) is 0.801. The van der Waals surface area contributed by atoms with E-state index in [-0.39, 0.29) is 22.7 Å². The van der Waals surface area contributed by atoms with E-state index in [0.29, 0.717) is 10.3 Å². The van der Waals surface area contributed by atoms with E-state index in [2.05, 4.69) is 15.9 Å². The van der Waals surface area contributed by atoms with Crippen molar-refractivity contribution in [1.29, 1.82) is 5.26 Å². The normalized spacial score (nSPS) is 12.1. The standard InChI is InChI=1S/C17H16BrFN2O3/c1-9(2)21-14(18)7-12(17(23)24-3)15(21)16(22)10-4-5-11(8-20)13(19)6-10/h4-7,9,16,22H,1-3H3. The average molecular weight is 395 g/mol. The fourth-order valence-electron chi connectivity index (χ4n) is 2.53. The maximum atomic E-state index is 13.9. The molecule has 0 saturated heterocycles. The minimum Gasteiger partial charge on any atom is -0.465 e. The van der Waals surface area contributed by atoms with Gasteiger partial charge in [0.2, 0.25) is 0 Å². The maximum absolute atomic E-state index is 13.9. The number of carbonyl (C=O) groups excluding carboxylic acids is 1. The molecule has 0 aliphatic carbocycles. The van der Waals surface area contributed by atoms with Crippen LogP contribution in [-0.2, 0) is 4.74 Å². The number of esters is 1. The third-order valence-electron chi connectivity index (χ3n) is 3.64. The van der Waals surface area contributed by atoms with Gasteiger partial charge in [0.05, 0.1) is 28.5 Å². The first-order chi connectivity index (χ1) is 11.3. The van der Waals surface area contributed by atoms with Crippen molar-refractivity contribution in [2.24, 2.45) is 0 Å². The molecule has 0 aliphatic rings.